The number of rotatable bonds is 2. The number of ether oxygens (including phenoxy) is 3. The standard InChI is InChI=1S/C19H24BrNO4S/c1-18(2,3)26(22)21-17-13-6-7-19(23-8-9-24-19)11-16(13)25-15-5-4-12(20)10-14(15)17/h4-5,10,16,21H,6-9,11H2,1-3H3. The molecule has 142 valence electrons. The van der Waals surface area contributed by atoms with Crippen LogP contribution in [0.3, 0.4) is 0 Å². The van der Waals surface area contributed by atoms with E-state index < -0.39 is 16.8 Å². The van der Waals surface area contributed by atoms with Crippen molar-refractivity contribution in [3.8, 4) is 5.75 Å². The minimum Gasteiger partial charge on any atom is -0.485 e. The molecule has 0 radical (unpaired) electrons. The molecule has 5 nitrogen and oxygen atoms in total. The number of benzene rings is 1. The Kier molecular flexibility index (Phi) is 4.70. The van der Waals surface area contributed by atoms with E-state index in [9.17, 15) is 4.21 Å². The summed E-state index contributed by atoms with van der Waals surface area (Å²) in [5.74, 6) is 0.264. The van der Waals surface area contributed by atoms with Gasteiger partial charge in [-0.15, -0.1) is 0 Å². The van der Waals surface area contributed by atoms with E-state index >= 15 is 0 Å². The lowest BCUT2D eigenvalue weighted by Gasteiger charge is -2.41. The summed E-state index contributed by atoms with van der Waals surface area (Å²) in [5.41, 5.74) is 3.03. The predicted octanol–water partition coefficient (Wildman–Crippen LogP) is 3.90. The Morgan fingerprint density at radius 1 is 1.27 bits per heavy atom. The Labute approximate surface area is 165 Å². The summed E-state index contributed by atoms with van der Waals surface area (Å²) < 4.78 is 34.8. The van der Waals surface area contributed by atoms with Crippen molar-refractivity contribution in [2.24, 2.45) is 0 Å². The maximum atomic E-state index is 12.8. The van der Waals surface area contributed by atoms with Gasteiger partial charge < -0.3 is 18.9 Å². The van der Waals surface area contributed by atoms with E-state index in [0.717, 1.165) is 39.9 Å². The maximum Gasteiger partial charge on any atom is 0.172 e. The molecule has 1 aromatic carbocycles. The van der Waals surface area contributed by atoms with Crippen molar-refractivity contribution in [2.45, 2.75) is 56.7 Å². The van der Waals surface area contributed by atoms with E-state index in [1.807, 2.05) is 39.0 Å². The first kappa shape index (κ1) is 18.5. The molecule has 1 saturated heterocycles. The fraction of sp³-hybridized carbons (Fsp3) is 0.579. The van der Waals surface area contributed by atoms with Crippen LogP contribution >= 0.6 is 15.9 Å². The smallest absolute Gasteiger partial charge is 0.172 e. The van der Waals surface area contributed by atoms with Crippen molar-refractivity contribution in [1.29, 1.82) is 0 Å². The molecule has 26 heavy (non-hydrogen) atoms. The molecule has 0 amide bonds. The summed E-state index contributed by atoms with van der Waals surface area (Å²) in [4.78, 5) is 0. The van der Waals surface area contributed by atoms with Gasteiger partial charge in [0.15, 0.2) is 5.79 Å². The van der Waals surface area contributed by atoms with Gasteiger partial charge in [-0.1, -0.05) is 15.9 Å². The highest BCUT2D eigenvalue weighted by atomic mass is 79.9. The highest BCUT2D eigenvalue weighted by Gasteiger charge is 2.46. The summed E-state index contributed by atoms with van der Waals surface area (Å²) in [6, 6.07) is 5.94. The van der Waals surface area contributed by atoms with Gasteiger partial charge in [-0.2, -0.15) is 0 Å². The van der Waals surface area contributed by atoms with E-state index in [1.54, 1.807) is 0 Å². The Morgan fingerprint density at radius 2 is 2.00 bits per heavy atom. The molecule has 1 aromatic rings. The molecule has 2 atom stereocenters. The summed E-state index contributed by atoms with van der Waals surface area (Å²) in [7, 11) is -1.22. The fourth-order valence-electron chi connectivity index (χ4n) is 3.64. The van der Waals surface area contributed by atoms with Crippen LogP contribution in [0.5, 0.6) is 5.75 Å². The van der Waals surface area contributed by atoms with Crippen molar-refractivity contribution >= 4 is 32.6 Å². The van der Waals surface area contributed by atoms with Gasteiger partial charge in [0, 0.05) is 22.9 Å². The summed E-state index contributed by atoms with van der Waals surface area (Å²) in [5, 5.41) is 0. The van der Waals surface area contributed by atoms with Gasteiger partial charge in [-0.05, 0) is 51.0 Å². The lowest BCUT2D eigenvalue weighted by molar-refractivity contribution is -0.184. The summed E-state index contributed by atoms with van der Waals surface area (Å²) >= 11 is 3.54. The van der Waals surface area contributed by atoms with Crippen molar-refractivity contribution in [1.82, 2.24) is 4.72 Å². The Morgan fingerprint density at radius 3 is 2.69 bits per heavy atom. The maximum absolute atomic E-state index is 12.8. The molecular formula is C19H24BrNO4S. The van der Waals surface area contributed by atoms with Crippen LogP contribution in [0.15, 0.2) is 28.2 Å². The Balaban J connectivity index is 1.74. The van der Waals surface area contributed by atoms with Crippen LogP contribution in [-0.2, 0) is 20.5 Å². The second-order valence-corrected chi connectivity index (χ2v) is 10.8. The molecule has 1 saturated carbocycles. The first-order chi connectivity index (χ1) is 12.3. The lowest BCUT2D eigenvalue weighted by atomic mass is 9.83. The molecule has 2 unspecified atom stereocenters. The van der Waals surface area contributed by atoms with E-state index in [-0.39, 0.29) is 10.9 Å². The Bertz CT molecular complexity index is 780. The highest BCUT2D eigenvalue weighted by Crippen LogP contribution is 2.46. The zero-order valence-corrected chi connectivity index (χ0v) is 17.7. The van der Waals surface area contributed by atoms with Crippen LogP contribution in [0.4, 0.5) is 0 Å². The van der Waals surface area contributed by atoms with Gasteiger partial charge >= 0.3 is 0 Å². The fourth-order valence-corrected chi connectivity index (χ4v) is 4.74. The van der Waals surface area contributed by atoms with Gasteiger partial charge in [0.25, 0.3) is 0 Å². The largest absolute Gasteiger partial charge is 0.485 e. The molecule has 0 bridgehead atoms. The van der Waals surface area contributed by atoms with Crippen molar-refractivity contribution in [2.75, 3.05) is 13.2 Å². The average Bonchev–Trinajstić information content (AvgIpc) is 3.02. The zero-order chi connectivity index (χ0) is 18.5. The molecular weight excluding hydrogens is 418 g/mol. The molecule has 1 aliphatic carbocycles. The van der Waals surface area contributed by atoms with Crippen molar-refractivity contribution < 1.29 is 18.4 Å². The molecule has 2 fully saturated rings. The van der Waals surface area contributed by atoms with E-state index in [0.29, 0.717) is 19.6 Å². The van der Waals surface area contributed by atoms with Crippen LogP contribution in [0, 0.1) is 0 Å². The number of fused-ring (bicyclic) bond motifs is 2. The predicted molar refractivity (Wildman–Crippen MR) is 105 cm³/mol. The third-order valence-corrected chi connectivity index (χ3v) is 7.02. The minimum absolute atomic E-state index is 0.130. The van der Waals surface area contributed by atoms with Gasteiger partial charge in [-0.3, -0.25) is 0 Å². The molecule has 7 heteroatoms. The zero-order valence-electron chi connectivity index (χ0n) is 15.3. The Hall–Kier alpha value is -0.890. The van der Waals surface area contributed by atoms with Crippen LogP contribution in [0.2, 0.25) is 0 Å². The minimum atomic E-state index is -1.22. The number of nitrogens with one attached hydrogen (secondary N) is 1. The molecule has 4 rings (SSSR count). The first-order valence-corrected chi connectivity index (χ1v) is 10.9. The van der Waals surface area contributed by atoms with Crippen molar-refractivity contribution in [3.05, 3.63) is 33.8 Å². The molecule has 2 aliphatic heterocycles. The molecule has 1 spiro atoms. The number of hydrogen-bond acceptors (Lipinski definition) is 4. The van der Waals surface area contributed by atoms with Crippen LogP contribution in [0.25, 0.3) is 5.70 Å². The first-order valence-electron chi connectivity index (χ1n) is 8.93. The monoisotopic (exact) mass is 441 g/mol. The SMILES string of the molecule is CC(C)(C)S(=O)NC1=C2CCC3(CC2Oc2ccc(Br)cc21)OCCO3. The molecule has 1 N–H and O–H groups in total. The topological polar surface area (TPSA) is 56.8 Å². The third kappa shape index (κ3) is 3.35. The third-order valence-electron chi connectivity index (χ3n) is 5.03. The van der Waals surface area contributed by atoms with Gasteiger partial charge in [0.2, 0.25) is 0 Å². The van der Waals surface area contributed by atoms with Crippen LogP contribution < -0.4 is 9.46 Å². The number of halogens is 1. The van der Waals surface area contributed by atoms with E-state index in [4.69, 9.17) is 14.2 Å². The molecule has 3 aliphatic rings. The highest BCUT2D eigenvalue weighted by molar-refractivity contribution is 9.10. The van der Waals surface area contributed by atoms with Gasteiger partial charge in [0.1, 0.15) is 22.8 Å². The second-order valence-electron chi connectivity index (χ2n) is 7.94. The second kappa shape index (κ2) is 6.62. The van der Waals surface area contributed by atoms with E-state index in [2.05, 4.69) is 20.7 Å². The van der Waals surface area contributed by atoms with E-state index in [1.165, 1.54) is 0 Å². The summed E-state index contributed by atoms with van der Waals surface area (Å²) in [6.45, 7) is 7.17. The summed E-state index contributed by atoms with van der Waals surface area (Å²) in [6.07, 6.45) is 2.11. The average molecular weight is 442 g/mol. The number of hydrogen-bond donors (Lipinski definition) is 1. The van der Waals surface area contributed by atoms with Gasteiger partial charge in [-0.25, -0.2) is 4.21 Å². The van der Waals surface area contributed by atoms with Crippen LogP contribution in [0.1, 0.15) is 45.6 Å². The van der Waals surface area contributed by atoms with Crippen molar-refractivity contribution in [3.63, 3.8) is 0 Å². The lowest BCUT2D eigenvalue weighted by Crippen LogP contribution is -2.45. The van der Waals surface area contributed by atoms with Crippen LogP contribution in [-0.4, -0.2) is 34.1 Å². The molecule has 2 heterocycles. The normalized spacial score (nSPS) is 25.5. The quantitative estimate of drug-likeness (QED) is 0.755. The molecule has 0 aromatic heterocycles. The van der Waals surface area contributed by atoms with Gasteiger partial charge in [0.05, 0.1) is 23.7 Å².